The molecular weight excluding hydrogens is 556 g/mol. The molecule has 3 rings (SSSR count). The molecule has 0 atom stereocenters. The lowest BCUT2D eigenvalue weighted by atomic mass is 10.1. The molecule has 31 heavy (non-hydrogen) atoms. The molecule has 0 unspecified atom stereocenters. The second-order valence-electron chi connectivity index (χ2n) is 6.10. The highest BCUT2D eigenvalue weighted by atomic mass is 127. The van der Waals surface area contributed by atoms with Crippen LogP contribution in [0.2, 0.25) is 0 Å². The molecular formula is C21H17FINO5S2. The number of esters is 1. The van der Waals surface area contributed by atoms with Gasteiger partial charge in [-0.25, -0.2) is 9.18 Å². The molecule has 0 spiro atoms. The topological polar surface area (TPSA) is 65.1 Å². The summed E-state index contributed by atoms with van der Waals surface area (Å²) in [5.41, 5.74) is 0.789. The van der Waals surface area contributed by atoms with Crippen molar-refractivity contribution >= 4 is 74.5 Å². The van der Waals surface area contributed by atoms with Gasteiger partial charge in [-0.15, -0.1) is 0 Å². The van der Waals surface area contributed by atoms with E-state index in [1.165, 1.54) is 24.1 Å². The van der Waals surface area contributed by atoms with Gasteiger partial charge in [0.15, 0.2) is 22.4 Å². The first-order valence-corrected chi connectivity index (χ1v) is 11.3. The molecule has 2 aromatic carbocycles. The van der Waals surface area contributed by atoms with Gasteiger partial charge in [-0.3, -0.25) is 9.69 Å². The number of amides is 1. The number of para-hydroxylation sites is 1. The van der Waals surface area contributed by atoms with Gasteiger partial charge in [-0.1, -0.05) is 36.1 Å². The lowest BCUT2D eigenvalue weighted by Crippen LogP contribution is -2.28. The lowest BCUT2D eigenvalue weighted by molar-refractivity contribution is -0.142. The Kier molecular flexibility index (Phi) is 7.89. The van der Waals surface area contributed by atoms with Crippen LogP contribution in [0.5, 0.6) is 11.5 Å². The third-order valence-corrected chi connectivity index (χ3v) is 6.18. The Balaban J connectivity index is 1.92. The van der Waals surface area contributed by atoms with Gasteiger partial charge in [-0.2, -0.15) is 0 Å². The van der Waals surface area contributed by atoms with Crippen LogP contribution in [0.25, 0.3) is 6.08 Å². The number of ether oxygens (including phenoxy) is 3. The summed E-state index contributed by atoms with van der Waals surface area (Å²) in [5, 5.41) is 0. The Hall–Kier alpha value is -2.18. The van der Waals surface area contributed by atoms with Crippen molar-refractivity contribution in [2.75, 3.05) is 25.2 Å². The SMILES string of the molecule is CCOc1cc(/C=C2\SC(=S)N(c3ccccc3F)C2=O)cc(I)c1OCC(=O)OC. The van der Waals surface area contributed by atoms with E-state index >= 15 is 0 Å². The number of carbonyl (C=O) groups excluding carboxylic acids is 2. The number of carbonyl (C=O) groups is 2. The van der Waals surface area contributed by atoms with Gasteiger partial charge in [0.05, 0.1) is 27.9 Å². The van der Waals surface area contributed by atoms with Gasteiger partial charge < -0.3 is 14.2 Å². The number of hydrogen-bond donors (Lipinski definition) is 0. The molecule has 1 saturated heterocycles. The quantitative estimate of drug-likeness (QED) is 0.204. The average Bonchev–Trinajstić information content (AvgIpc) is 3.00. The van der Waals surface area contributed by atoms with Crippen LogP contribution in [0.1, 0.15) is 12.5 Å². The molecule has 1 aliphatic rings. The number of methoxy groups -OCH3 is 1. The standard InChI is InChI=1S/C21H17FINO5S2/c1-3-28-16-9-12(8-14(23)19(16)29-11-18(25)27-2)10-17-20(26)24(21(30)31-17)15-7-5-4-6-13(15)22/h4-10H,3,11H2,1-2H3/b17-10-. The van der Waals surface area contributed by atoms with Crippen LogP contribution >= 0.6 is 46.6 Å². The molecule has 0 aromatic heterocycles. The van der Waals surface area contributed by atoms with Crippen LogP contribution in [0.15, 0.2) is 41.3 Å². The van der Waals surface area contributed by atoms with E-state index in [2.05, 4.69) is 27.3 Å². The first-order valence-electron chi connectivity index (χ1n) is 9.04. The Labute approximate surface area is 201 Å². The van der Waals surface area contributed by atoms with Crippen molar-refractivity contribution in [3.63, 3.8) is 0 Å². The predicted octanol–water partition coefficient (Wildman–Crippen LogP) is 4.79. The summed E-state index contributed by atoms with van der Waals surface area (Å²) < 4.78 is 30.9. The molecule has 1 fully saturated rings. The molecule has 0 N–H and O–H groups in total. The number of thiocarbonyl (C=S) groups is 1. The van der Waals surface area contributed by atoms with Gasteiger partial charge in [0.25, 0.3) is 5.91 Å². The third-order valence-electron chi connectivity index (χ3n) is 4.08. The molecule has 162 valence electrons. The Morgan fingerprint density at radius 2 is 2.03 bits per heavy atom. The first kappa shape index (κ1) is 23.5. The van der Waals surface area contributed by atoms with Crippen LogP contribution in [0.4, 0.5) is 10.1 Å². The molecule has 0 bridgehead atoms. The summed E-state index contributed by atoms with van der Waals surface area (Å²) in [6, 6.07) is 9.46. The molecule has 0 aliphatic carbocycles. The largest absolute Gasteiger partial charge is 0.490 e. The van der Waals surface area contributed by atoms with E-state index in [9.17, 15) is 14.0 Å². The zero-order valence-electron chi connectivity index (χ0n) is 16.5. The van der Waals surface area contributed by atoms with Crippen LogP contribution in [-0.4, -0.2) is 36.5 Å². The number of halogens is 2. The Bertz CT molecular complexity index is 1080. The van der Waals surface area contributed by atoms with Gasteiger partial charge >= 0.3 is 5.97 Å². The summed E-state index contributed by atoms with van der Waals surface area (Å²) in [5.74, 6) is -0.614. The minimum absolute atomic E-state index is 0.115. The van der Waals surface area contributed by atoms with Crippen LogP contribution in [0.3, 0.4) is 0 Å². The van der Waals surface area contributed by atoms with Crippen LogP contribution in [0, 0.1) is 9.39 Å². The van der Waals surface area contributed by atoms with E-state index in [4.69, 9.17) is 21.7 Å². The highest BCUT2D eigenvalue weighted by molar-refractivity contribution is 14.1. The molecule has 1 aliphatic heterocycles. The van der Waals surface area contributed by atoms with Crippen LogP contribution < -0.4 is 14.4 Å². The number of nitrogens with zero attached hydrogens (tertiary/aromatic N) is 1. The summed E-state index contributed by atoms with van der Waals surface area (Å²) in [4.78, 5) is 25.9. The van der Waals surface area contributed by atoms with Gasteiger partial charge in [0.1, 0.15) is 5.82 Å². The zero-order chi connectivity index (χ0) is 22.5. The van der Waals surface area contributed by atoms with Crippen molar-refractivity contribution in [3.8, 4) is 11.5 Å². The molecule has 1 amide bonds. The summed E-state index contributed by atoms with van der Waals surface area (Å²) >= 11 is 8.46. The maximum absolute atomic E-state index is 14.2. The fraction of sp³-hybridized carbons (Fsp3) is 0.190. The van der Waals surface area contributed by atoms with Crippen LogP contribution in [-0.2, 0) is 14.3 Å². The molecule has 6 nitrogen and oxygen atoms in total. The summed E-state index contributed by atoms with van der Waals surface area (Å²) in [6.07, 6.45) is 1.66. The summed E-state index contributed by atoms with van der Waals surface area (Å²) in [6.45, 7) is 1.94. The molecule has 0 radical (unpaired) electrons. The minimum atomic E-state index is -0.527. The van der Waals surface area contributed by atoms with Crippen molar-refractivity contribution in [3.05, 3.63) is 56.3 Å². The highest BCUT2D eigenvalue weighted by Crippen LogP contribution is 2.39. The van der Waals surface area contributed by atoms with E-state index < -0.39 is 17.7 Å². The minimum Gasteiger partial charge on any atom is -0.490 e. The monoisotopic (exact) mass is 573 g/mol. The maximum atomic E-state index is 14.2. The Morgan fingerprint density at radius 3 is 2.71 bits per heavy atom. The van der Waals surface area contributed by atoms with Crippen molar-refractivity contribution in [1.29, 1.82) is 0 Å². The fourth-order valence-electron chi connectivity index (χ4n) is 2.72. The van der Waals surface area contributed by atoms with Gasteiger partial charge in [-0.05, 0) is 65.4 Å². The second kappa shape index (κ2) is 10.4. The molecule has 10 heteroatoms. The highest BCUT2D eigenvalue weighted by Gasteiger charge is 2.34. The fourth-order valence-corrected chi connectivity index (χ4v) is 4.79. The molecule has 2 aromatic rings. The van der Waals surface area contributed by atoms with E-state index in [1.54, 1.807) is 30.3 Å². The predicted molar refractivity (Wildman–Crippen MR) is 130 cm³/mol. The van der Waals surface area contributed by atoms with Crippen molar-refractivity contribution < 1.29 is 28.2 Å². The third kappa shape index (κ3) is 5.36. The molecule has 1 heterocycles. The van der Waals surface area contributed by atoms with Crippen molar-refractivity contribution in [2.24, 2.45) is 0 Å². The zero-order valence-corrected chi connectivity index (χ0v) is 20.3. The lowest BCUT2D eigenvalue weighted by Gasteiger charge is -2.15. The number of benzene rings is 2. The van der Waals surface area contributed by atoms with Crippen molar-refractivity contribution in [2.45, 2.75) is 6.92 Å². The maximum Gasteiger partial charge on any atom is 0.343 e. The second-order valence-corrected chi connectivity index (χ2v) is 8.93. The van der Waals surface area contributed by atoms with Gasteiger partial charge in [0.2, 0.25) is 0 Å². The van der Waals surface area contributed by atoms with E-state index in [1.807, 2.05) is 6.92 Å². The van der Waals surface area contributed by atoms with Gasteiger partial charge in [0, 0.05) is 0 Å². The normalized spacial score (nSPS) is 14.8. The molecule has 0 saturated carbocycles. The number of thioether (sulfide) groups is 1. The average molecular weight is 573 g/mol. The number of hydrogen-bond acceptors (Lipinski definition) is 7. The van der Waals surface area contributed by atoms with E-state index in [0.29, 0.717) is 32.1 Å². The number of anilines is 1. The van der Waals surface area contributed by atoms with E-state index in [-0.39, 0.29) is 16.6 Å². The van der Waals surface area contributed by atoms with Crippen molar-refractivity contribution in [1.82, 2.24) is 0 Å². The summed E-state index contributed by atoms with van der Waals surface area (Å²) in [7, 11) is 1.28. The number of rotatable bonds is 7. The van der Waals surface area contributed by atoms with E-state index in [0.717, 1.165) is 11.8 Å². The first-order chi connectivity index (χ1) is 14.8. The Morgan fingerprint density at radius 1 is 1.29 bits per heavy atom. The smallest absolute Gasteiger partial charge is 0.343 e.